The zero-order valence-electron chi connectivity index (χ0n) is 35.2. The Kier molecular flexibility index (Phi) is 15.3. The third kappa shape index (κ3) is 10.8. The SMILES string of the molecule is C=CCNC(=O)C(=O)C(CCCC)NC(=O)[C@@H]1C(C(C)C)CCN1C(=O)[C@@H](NC(=O)N[C@H](CN1C(=O)CC2(CCCC2)CC1=O)C(C)(C)C)C1(C)CCCCC1. The summed E-state index contributed by atoms with van der Waals surface area (Å²) in [5.74, 6) is -2.96. The minimum absolute atomic E-state index is 0.0282. The van der Waals surface area contributed by atoms with E-state index in [0.717, 1.165) is 51.4 Å². The van der Waals surface area contributed by atoms with Crippen LogP contribution in [-0.2, 0) is 28.8 Å². The van der Waals surface area contributed by atoms with Gasteiger partial charge in [0.2, 0.25) is 29.4 Å². The van der Waals surface area contributed by atoms with Crippen LogP contribution >= 0.6 is 0 Å². The van der Waals surface area contributed by atoms with Crippen molar-refractivity contribution in [3.8, 4) is 0 Å². The van der Waals surface area contributed by atoms with Gasteiger partial charge in [0.25, 0.3) is 5.91 Å². The highest BCUT2D eigenvalue weighted by molar-refractivity contribution is 6.38. The van der Waals surface area contributed by atoms with Gasteiger partial charge in [0.05, 0.1) is 12.1 Å². The lowest BCUT2D eigenvalue weighted by Crippen LogP contribution is -2.64. The molecule has 0 aromatic heterocycles. The lowest BCUT2D eigenvalue weighted by molar-refractivity contribution is -0.154. The molecular weight excluding hydrogens is 713 g/mol. The van der Waals surface area contributed by atoms with Crippen molar-refractivity contribution < 1.29 is 33.6 Å². The lowest BCUT2D eigenvalue weighted by Gasteiger charge is -2.43. The van der Waals surface area contributed by atoms with Gasteiger partial charge in [-0.2, -0.15) is 0 Å². The highest BCUT2D eigenvalue weighted by atomic mass is 16.2. The number of hydrogen-bond donors (Lipinski definition) is 4. The highest BCUT2D eigenvalue weighted by Crippen LogP contribution is 2.47. The molecular formula is C43H70N6O7. The molecule has 2 aliphatic carbocycles. The number of imide groups is 1. The molecule has 4 fully saturated rings. The van der Waals surface area contributed by atoms with E-state index in [1.807, 2.05) is 48.5 Å². The highest BCUT2D eigenvalue weighted by Gasteiger charge is 2.51. The normalized spacial score (nSPS) is 23.7. The Hall–Kier alpha value is -3.77. The summed E-state index contributed by atoms with van der Waals surface area (Å²) in [6.07, 6.45) is 12.4. The second kappa shape index (κ2) is 19.1. The van der Waals surface area contributed by atoms with Gasteiger partial charge in [-0.05, 0) is 66.6 Å². The average Bonchev–Trinajstić information content (AvgIpc) is 3.79. The minimum Gasteiger partial charge on any atom is -0.346 e. The number of carbonyl (C=O) groups is 7. The number of nitrogens with zero attached hydrogens (tertiary/aromatic N) is 2. The van der Waals surface area contributed by atoms with Crippen LogP contribution in [0.5, 0.6) is 0 Å². The van der Waals surface area contributed by atoms with E-state index < -0.39 is 58.6 Å². The second-order valence-electron chi connectivity index (χ2n) is 18.9. The van der Waals surface area contributed by atoms with Crippen molar-refractivity contribution in [3.63, 3.8) is 0 Å². The quantitative estimate of drug-likeness (QED) is 0.0950. The van der Waals surface area contributed by atoms with Crippen molar-refractivity contribution in [2.45, 2.75) is 169 Å². The second-order valence-corrected chi connectivity index (χ2v) is 18.9. The van der Waals surface area contributed by atoms with Crippen molar-refractivity contribution in [3.05, 3.63) is 12.7 Å². The molecule has 4 aliphatic rings. The molecule has 0 aromatic carbocycles. The summed E-state index contributed by atoms with van der Waals surface area (Å²) in [5, 5.41) is 11.5. The van der Waals surface area contributed by atoms with Crippen LogP contribution in [0.3, 0.4) is 0 Å². The summed E-state index contributed by atoms with van der Waals surface area (Å²) >= 11 is 0. The Bertz CT molecular complexity index is 1450. The summed E-state index contributed by atoms with van der Waals surface area (Å²) in [7, 11) is 0. The van der Waals surface area contributed by atoms with Crippen LogP contribution in [0.15, 0.2) is 12.7 Å². The standard InChI is InChI=1S/C43H70N6O7/c1-9-11-17-30(35(52)38(54)44-23-10-2)45-37(53)34-29(28(3)4)18-24-48(34)39(55)36(42(8)19-13-12-14-20-42)47-40(56)46-31(41(5,6)7)27-49-32(50)25-43(26-33(49)51)21-15-16-22-43/h10,28-31,34,36H,2,9,11-27H2,1,3-8H3,(H,44,54)(H,45,53)(H2,46,47,56)/t29?,30?,31-,34+,36-/m1/s1. The Labute approximate surface area is 334 Å². The van der Waals surface area contributed by atoms with Gasteiger partial charge in [0, 0.05) is 32.5 Å². The Morgan fingerprint density at radius 1 is 0.911 bits per heavy atom. The Morgan fingerprint density at radius 2 is 1.52 bits per heavy atom. The first-order valence-corrected chi connectivity index (χ1v) is 21.3. The van der Waals surface area contributed by atoms with E-state index >= 15 is 0 Å². The van der Waals surface area contributed by atoms with E-state index in [1.165, 1.54) is 11.0 Å². The monoisotopic (exact) mass is 783 g/mol. The van der Waals surface area contributed by atoms with Crippen molar-refractivity contribution in [2.75, 3.05) is 19.6 Å². The number of hydrogen-bond acceptors (Lipinski definition) is 7. The summed E-state index contributed by atoms with van der Waals surface area (Å²) in [6, 6.07) is -4.09. The van der Waals surface area contributed by atoms with Crippen molar-refractivity contribution in [1.82, 2.24) is 31.1 Å². The number of piperidine rings is 1. The fourth-order valence-corrected chi connectivity index (χ4v) is 9.56. The van der Waals surface area contributed by atoms with E-state index in [0.29, 0.717) is 45.1 Å². The third-order valence-corrected chi connectivity index (χ3v) is 13.2. The fourth-order valence-electron chi connectivity index (χ4n) is 9.56. The molecule has 13 nitrogen and oxygen atoms in total. The van der Waals surface area contributed by atoms with Gasteiger partial charge in [-0.15, -0.1) is 6.58 Å². The minimum atomic E-state index is -1.05. The van der Waals surface area contributed by atoms with Crippen LogP contribution in [0.25, 0.3) is 0 Å². The number of Topliss-reactive ketones (excluding diaryl/α,β-unsaturated/α-hetero) is 1. The van der Waals surface area contributed by atoms with E-state index in [2.05, 4.69) is 27.8 Å². The molecule has 314 valence electrons. The molecule has 4 rings (SSSR count). The zero-order chi connectivity index (χ0) is 41.4. The number of nitrogens with one attached hydrogen (secondary N) is 4. The molecule has 1 spiro atoms. The molecule has 56 heavy (non-hydrogen) atoms. The molecule has 2 unspecified atom stereocenters. The number of likely N-dealkylation sites (tertiary alicyclic amines) is 2. The largest absolute Gasteiger partial charge is 0.346 e. The number of ketones is 1. The van der Waals surface area contributed by atoms with Crippen molar-refractivity contribution >= 4 is 41.4 Å². The Morgan fingerprint density at radius 3 is 2.07 bits per heavy atom. The number of rotatable bonds is 16. The van der Waals surface area contributed by atoms with Gasteiger partial charge in [-0.25, -0.2) is 4.79 Å². The molecule has 7 amide bonds. The summed E-state index contributed by atoms with van der Waals surface area (Å²) < 4.78 is 0. The fraction of sp³-hybridized carbons (Fsp3) is 0.791. The maximum Gasteiger partial charge on any atom is 0.315 e. The van der Waals surface area contributed by atoms with Crippen molar-refractivity contribution in [2.24, 2.45) is 28.1 Å². The zero-order valence-corrected chi connectivity index (χ0v) is 35.2. The smallest absolute Gasteiger partial charge is 0.315 e. The van der Waals surface area contributed by atoms with Gasteiger partial charge < -0.3 is 26.2 Å². The number of unbranched alkanes of at least 4 members (excludes halogenated alkanes) is 1. The van der Waals surface area contributed by atoms with E-state index in [4.69, 9.17) is 0 Å². The lowest BCUT2D eigenvalue weighted by atomic mass is 9.70. The summed E-state index contributed by atoms with van der Waals surface area (Å²) in [6.45, 7) is 17.9. The average molecular weight is 783 g/mol. The molecule has 0 aromatic rings. The molecule has 2 saturated heterocycles. The maximum atomic E-state index is 15.0. The molecule has 0 radical (unpaired) electrons. The van der Waals surface area contributed by atoms with E-state index in [1.54, 1.807) is 4.90 Å². The third-order valence-electron chi connectivity index (χ3n) is 13.2. The Balaban J connectivity index is 1.58. The molecule has 4 N–H and O–H groups in total. The van der Waals surface area contributed by atoms with Crippen LogP contribution in [0.2, 0.25) is 0 Å². The topological polar surface area (TPSA) is 174 Å². The molecule has 2 heterocycles. The number of amides is 7. The van der Waals surface area contributed by atoms with Gasteiger partial charge >= 0.3 is 6.03 Å². The number of urea groups is 1. The van der Waals surface area contributed by atoms with Crippen molar-refractivity contribution in [1.29, 1.82) is 0 Å². The predicted octanol–water partition coefficient (Wildman–Crippen LogP) is 5.17. The summed E-state index contributed by atoms with van der Waals surface area (Å²) in [4.78, 5) is 99.1. The van der Waals surface area contributed by atoms with Gasteiger partial charge in [0.15, 0.2) is 0 Å². The van der Waals surface area contributed by atoms with Crippen LogP contribution in [-0.4, -0.2) is 95.0 Å². The van der Waals surface area contributed by atoms with Gasteiger partial charge in [-0.1, -0.05) is 99.5 Å². The number of carbonyl (C=O) groups excluding carboxylic acids is 7. The first-order valence-electron chi connectivity index (χ1n) is 21.3. The molecule has 5 atom stereocenters. The molecule has 0 bridgehead atoms. The first kappa shape index (κ1) is 44.9. The predicted molar refractivity (Wildman–Crippen MR) is 215 cm³/mol. The van der Waals surface area contributed by atoms with E-state index in [9.17, 15) is 33.6 Å². The summed E-state index contributed by atoms with van der Waals surface area (Å²) in [5.41, 5.74) is -1.37. The first-order chi connectivity index (χ1) is 26.4. The molecule has 2 saturated carbocycles. The van der Waals surface area contributed by atoms with Crippen LogP contribution < -0.4 is 21.3 Å². The van der Waals surface area contributed by atoms with Crippen LogP contribution in [0.1, 0.15) is 145 Å². The van der Waals surface area contributed by atoms with E-state index in [-0.39, 0.29) is 54.5 Å². The van der Waals surface area contributed by atoms with Gasteiger partial charge in [0.1, 0.15) is 12.1 Å². The maximum absolute atomic E-state index is 15.0. The molecule has 2 aliphatic heterocycles. The van der Waals surface area contributed by atoms with Gasteiger partial charge in [-0.3, -0.25) is 33.7 Å². The molecule has 13 heteroatoms. The van der Waals surface area contributed by atoms with Crippen LogP contribution in [0.4, 0.5) is 4.79 Å². The van der Waals surface area contributed by atoms with Crippen LogP contribution in [0, 0.1) is 28.1 Å².